The summed E-state index contributed by atoms with van der Waals surface area (Å²) in [5.41, 5.74) is 0.726. The van der Waals surface area contributed by atoms with Crippen molar-refractivity contribution in [2.75, 3.05) is 0 Å². The average Bonchev–Trinajstić information content (AvgIpc) is 3.10. The third-order valence-corrected chi connectivity index (χ3v) is 2.35. The van der Waals surface area contributed by atoms with Gasteiger partial charge in [-0.15, -0.1) is 10.2 Å². The number of aromatic nitrogens is 6. The molecule has 0 spiro atoms. The summed E-state index contributed by atoms with van der Waals surface area (Å²) in [7, 11) is 0. The van der Waals surface area contributed by atoms with Gasteiger partial charge >= 0.3 is 12.1 Å². The van der Waals surface area contributed by atoms with Crippen molar-refractivity contribution in [1.29, 1.82) is 0 Å². The van der Waals surface area contributed by atoms with Crippen molar-refractivity contribution in [3.63, 3.8) is 0 Å². The highest BCUT2D eigenvalue weighted by Gasteiger charge is 2.38. The van der Waals surface area contributed by atoms with Crippen molar-refractivity contribution < 1.29 is 17.7 Å². The molecule has 3 heterocycles. The Morgan fingerprint density at radius 3 is 2.75 bits per heavy atom. The van der Waals surface area contributed by atoms with E-state index in [0.717, 1.165) is 0 Å². The minimum absolute atomic E-state index is 0.180. The van der Waals surface area contributed by atoms with Crippen LogP contribution in [0.5, 0.6) is 0 Å². The lowest BCUT2D eigenvalue weighted by Crippen LogP contribution is -2.04. The number of pyridine rings is 1. The standard InChI is InChI=1S/C10H5F3N6O/c11-10(12,13)9-17-7(19-20-9)5-1-2-14-6(3-5)8-15-4-16-18-8/h1-4H,(H,15,16,18). The van der Waals surface area contributed by atoms with Crippen LogP contribution in [-0.4, -0.2) is 30.3 Å². The van der Waals surface area contributed by atoms with Crippen LogP contribution in [0.3, 0.4) is 0 Å². The first-order valence-corrected chi connectivity index (χ1v) is 5.28. The Morgan fingerprint density at radius 1 is 1.25 bits per heavy atom. The SMILES string of the molecule is FC(F)(F)c1nc(-c2ccnc(-c3nnc[nH]3)c2)no1. The van der Waals surface area contributed by atoms with Crippen LogP contribution in [0, 0.1) is 0 Å². The minimum atomic E-state index is -4.67. The lowest BCUT2D eigenvalue weighted by atomic mass is 10.2. The predicted molar refractivity (Wildman–Crippen MR) is 57.9 cm³/mol. The van der Waals surface area contributed by atoms with Crippen molar-refractivity contribution >= 4 is 0 Å². The van der Waals surface area contributed by atoms with Gasteiger partial charge in [-0.3, -0.25) is 4.98 Å². The van der Waals surface area contributed by atoms with E-state index >= 15 is 0 Å². The van der Waals surface area contributed by atoms with Crippen molar-refractivity contribution in [1.82, 2.24) is 30.3 Å². The molecule has 0 bridgehead atoms. The van der Waals surface area contributed by atoms with Gasteiger partial charge in [0.25, 0.3) is 0 Å². The van der Waals surface area contributed by atoms with Crippen LogP contribution in [0.25, 0.3) is 22.9 Å². The molecule has 7 nitrogen and oxygen atoms in total. The molecule has 0 saturated carbocycles. The van der Waals surface area contributed by atoms with Crippen LogP contribution in [0.1, 0.15) is 5.89 Å². The second-order valence-electron chi connectivity index (χ2n) is 3.69. The molecular weight excluding hydrogens is 277 g/mol. The van der Waals surface area contributed by atoms with Gasteiger partial charge in [-0.2, -0.15) is 18.2 Å². The van der Waals surface area contributed by atoms with Crippen LogP contribution >= 0.6 is 0 Å². The van der Waals surface area contributed by atoms with E-state index in [0.29, 0.717) is 17.1 Å². The maximum absolute atomic E-state index is 12.4. The van der Waals surface area contributed by atoms with Crippen LogP contribution in [-0.2, 0) is 6.18 Å². The van der Waals surface area contributed by atoms with Gasteiger partial charge in [-0.05, 0) is 12.1 Å². The third kappa shape index (κ3) is 2.22. The van der Waals surface area contributed by atoms with Crippen molar-refractivity contribution in [2.45, 2.75) is 6.18 Å². The molecule has 0 aliphatic rings. The van der Waals surface area contributed by atoms with E-state index in [9.17, 15) is 13.2 Å². The molecule has 0 radical (unpaired) electrons. The number of nitrogens with one attached hydrogen (secondary N) is 1. The van der Waals surface area contributed by atoms with E-state index in [1.807, 2.05) is 0 Å². The fraction of sp³-hybridized carbons (Fsp3) is 0.100. The molecule has 0 saturated heterocycles. The molecule has 0 atom stereocenters. The Balaban J connectivity index is 1.99. The first kappa shape index (κ1) is 12.3. The van der Waals surface area contributed by atoms with Crippen molar-refractivity contribution in [3.8, 4) is 22.9 Å². The van der Waals surface area contributed by atoms with Gasteiger partial charge in [0.2, 0.25) is 5.82 Å². The average molecular weight is 282 g/mol. The van der Waals surface area contributed by atoms with Gasteiger partial charge in [0.05, 0.1) is 0 Å². The topological polar surface area (TPSA) is 93.4 Å². The molecule has 3 aromatic heterocycles. The molecule has 0 amide bonds. The van der Waals surface area contributed by atoms with Crippen molar-refractivity contribution in [3.05, 3.63) is 30.5 Å². The molecule has 1 N–H and O–H groups in total. The Kier molecular flexibility index (Phi) is 2.70. The quantitative estimate of drug-likeness (QED) is 0.772. The zero-order chi connectivity index (χ0) is 14.2. The number of aromatic amines is 1. The highest BCUT2D eigenvalue weighted by atomic mass is 19.4. The fourth-order valence-electron chi connectivity index (χ4n) is 1.49. The molecule has 0 aliphatic heterocycles. The summed E-state index contributed by atoms with van der Waals surface area (Å²) < 4.78 is 41.3. The normalized spacial score (nSPS) is 11.8. The maximum Gasteiger partial charge on any atom is 0.471 e. The Morgan fingerprint density at radius 2 is 2.10 bits per heavy atom. The number of hydrogen-bond acceptors (Lipinski definition) is 6. The third-order valence-electron chi connectivity index (χ3n) is 2.35. The zero-order valence-electron chi connectivity index (χ0n) is 9.59. The lowest BCUT2D eigenvalue weighted by Gasteiger charge is -1.98. The van der Waals surface area contributed by atoms with E-state index in [4.69, 9.17) is 0 Å². The summed E-state index contributed by atoms with van der Waals surface area (Å²) in [6.45, 7) is 0. The summed E-state index contributed by atoms with van der Waals surface area (Å²) in [5, 5.41) is 10.6. The van der Waals surface area contributed by atoms with Crippen LogP contribution < -0.4 is 0 Å². The first-order chi connectivity index (χ1) is 9.54. The van der Waals surface area contributed by atoms with Gasteiger partial charge in [0.1, 0.15) is 12.0 Å². The number of nitrogens with zero attached hydrogens (tertiary/aromatic N) is 5. The molecule has 3 aromatic rings. The number of H-pyrrole nitrogens is 1. The van der Waals surface area contributed by atoms with Gasteiger partial charge in [0.15, 0.2) is 5.82 Å². The van der Waals surface area contributed by atoms with E-state index < -0.39 is 12.1 Å². The van der Waals surface area contributed by atoms with Gasteiger partial charge in [0, 0.05) is 11.8 Å². The largest absolute Gasteiger partial charge is 0.471 e. The zero-order valence-corrected chi connectivity index (χ0v) is 9.59. The fourth-order valence-corrected chi connectivity index (χ4v) is 1.49. The van der Waals surface area contributed by atoms with Gasteiger partial charge < -0.3 is 9.51 Å². The number of rotatable bonds is 2. The Bertz CT molecular complexity index is 721. The van der Waals surface area contributed by atoms with E-state index in [1.165, 1.54) is 24.7 Å². The number of halogens is 3. The summed E-state index contributed by atoms with van der Waals surface area (Å²) in [5.74, 6) is -1.20. The summed E-state index contributed by atoms with van der Waals surface area (Å²) in [6.07, 6.45) is -1.91. The Labute approximate surface area is 108 Å². The highest BCUT2D eigenvalue weighted by Crippen LogP contribution is 2.29. The number of hydrogen-bond donors (Lipinski definition) is 1. The molecule has 102 valence electrons. The summed E-state index contributed by atoms with van der Waals surface area (Å²) >= 11 is 0. The summed E-state index contributed by atoms with van der Waals surface area (Å²) in [6, 6.07) is 2.94. The van der Waals surface area contributed by atoms with Crippen LogP contribution in [0.15, 0.2) is 29.2 Å². The first-order valence-electron chi connectivity index (χ1n) is 5.28. The second-order valence-corrected chi connectivity index (χ2v) is 3.69. The van der Waals surface area contributed by atoms with Gasteiger partial charge in [-0.25, -0.2) is 0 Å². The molecule has 10 heteroatoms. The smallest absolute Gasteiger partial charge is 0.329 e. The number of alkyl halides is 3. The van der Waals surface area contributed by atoms with E-state index in [-0.39, 0.29) is 5.82 Å². The van der Waals surface area contributed by atoms with E-state index in [2.05, 4.69) is 34.8 Å². The molecule has 20 heavy (non-hydrogen) atoms. The van der Waals surface area contributed by atoms with E-state index in [1.54, 1.807) is 0 Å². The minimum Gasteiger partial charge on any atom is -0.329 e. The van der Waals surface area contributed by atoms with Crippen LogP contribution in [0.4, 0.5) is 13.2 Å². The van der Waals surface area contributed by atoms with Gasteiger partial charge in [-0.1, -0.05) is 5.16 Å². The predicted octanol–water partition coefficient (Wildman–Crippen LogP) is 1.94. The molecule has 0 unspecified atom stereocenters. The monoisotopic (exact) mass is 282 g/mol. The summed E-state index contributed by atoms with van der Waals surface area (Å²) in [4.78, 5) is 10.1. The molecule has 3 rings (SSSR count). The maximum atomic E-state index is 12.4. The Hall–Kier alpha value is -2.78. The molecule has 0 aliphatic carbocycles. The van der Waals surface area contributed by atoms with Crippen molar-refractivity contribution in [2.24, 2.45) is 0 Å². The molecular formula is C10H5F3N6O. The lowest BCUT2D eigenvalue weighted by molar-refractivity contribution is -0.159. The molecule has 0 fully saturated rings. The van der Waals surface area contributed by atoms with Crippen LogP contribution in [0.2, 0.25) is 0 Å². The highest BCUT2D eigenvalue weighted by molar-refractivity contribution is 5.61. The molecule has 0 aromatic carbocycles. The second kappa shape index (κ2) is 4.40.